The Hall–Kier alpha value is -8.18. The van der Waals surface area contributed by atoms with Crippen molar-refractivity contribution in [1.82, 2.24) is 19.8 Å². The van der Waals surface area contributed by atoms with Gasteiger partial charge in [-0.05, 0) is 98.8 Å². The summed E-state index contributed by atoms with van der Waals surface area (Å²) in [5.41, 5.74) is 6.05. The van der Waals surface area contributed by atoms with E-state index in [-0.39, 0.29) is 29.8 Å². The molecule has 2 fully saturated rings. The third-order valence-corrected chi connectivity index (χ3v) is 14.6. The second-order valence-corrected chi connectivity index (χ2v) is 19.1. The van der Waals surface area contributed by atoms with Gasteiger partial charge in [0.05, 0.1) is 34.6 Å². The number of hydrogen-bond acceptors (Lipinski definition) is 14. The summed E-state index contributed by atoms with van der Waals surface area (Å²) < 4.78 is 25.9. The fourth-order valence-corrected chi connectivity index (χ4v) is 10.5. The molecule has 6 heterocycles. The van der Waals surface area contributed by atoms with E-state index in [9.17, 15) is 20.1 Å². The lowest BCUT2D eigenvalue weighted by molar-refractivity contribution is 0.0966. The van der Waals surface area contributed by atoms with E-state index in [1.807, 2.05) is 36.4 Å². The van der Waals surface area contributed by atoms with Crippen LogP contribution in [0.25, 0.3) is 0 Å². The van der Waals surface area contributed by atoms with Crippen LogP contribution in [0, 0.1) is 22.7 Å². The van der Waals surface area contributed by atoms with Gasteiger partial charge in [-0.15, -0.1) is 0 Å². The molecule has 2 atom stereocenters. The molecule has 4 aromatic carbocycles. The summed E-state index contributed by atoms with van der Waals surface area (Å²) in [6.45, 7) is 15.4. The zero-order valence-electron chi connectivity index (χ0n) is 42.1. The minimum Gasteiger partial charge on any atom is -0.486 e. The first-order valence-corrected chi connectivity index (χ1v) is 25.5. The Labute approximate surface area is 432 Å². The SMILES string of the molecule is CC(c1ccc(N2CCN([C@H](C)CN(C(=O)c3ccc(C#N)cc3)c3ccccn3)CC2)c2c1OCCO2)c1ccc(N2CCN([C@H](C)CN(C(=O)c3ccc(C#N)cc3)c3ccccn3)CC2)c2c1OCCO2. The molecule has 74 heavy (non-hydrogen) atoms. The van der Waals surface area contributed by atoms with Crippen LogP contribution in [0.3, 0.4) is 0 Å². The van der Waals surface area contributed by atoms with E-state index in [0.717, 1.165) is 97.9 Å². The van der Waals surface area contributed by atoms with Crippen molar-refractivity contribution in [2.24, 2.45) is 0 Å². The average Bonchev–Trinajstić information content (AvgIpc) is 3.47. The van der Waals surface area contributed by atoms with Crippen molar-refractivity contribution < 1.29 is 28.5 Å². The predicted molar refractivity (Wildman–Crippen MR) is 283 cm³/mol. The standard InChI is InChI=1S/C58H60N10O6/c1-40(38-67(51-8-4-6-22-61-51)57(69)45-14-10-43(36-59)11-15-45)63-24-28-65(29-25-63)49-20-18-47(53-55(49)73-34-32-71-53)42(3)48-19-21-50(56-54(48)72-33-35-74-56)66-30-26-64(27-31-66)41(2)39-68(52-9-5-7-23-62-52)58(70)46-16-12-44(37-60)13-17-46/h4-23,40-42H,24-35,38-39H2,1-3H3/t40-,41-/m1/s1. The molecule has 0 N–H and O–H groups in total. The molecule has 0 bridgehead atoms. The van der Waals surface area contributed by atoms with Gasteiger partial charge >= 0.3 is 0 Å². The van der Waals surface area contributed by atoms with E-state index in [1.54, 1.807) is 70.7 Å². The summed E-state index contributed by atoms with van der Waals surface area (Å²) in [4.78, 5) is 49.9. The van der Waals surface area contributed by atoms with Gasteiger partial charge in [0.1, 0.15) is 38.1 Å². The van der Waals surface area contributed by atoms with Crippen LogP contribution < -0.4 is 38.5 Å². The molecule has 0 radical (unpaired) electrons. The van der Waals surface area contributed by atoms with Crippen molar-refractivity contribution >= 4 is 34.8 Å². The molecule has 0 spiro atoms. The van der Waals surface area contributed by atoms with Crippen LogP contribution in [-0.2, 0) is 0 Å². The smallest absolute Gasteiger partial charge is 0.259 e. The maximum Gasteiger partial charge on any atom is 0.259 e. The largest absolute Gasteiger partial charge is 0.486 e. The Morgan fingerprint density at radius 1 is 0.514 bits per heavy atom. The first-order chi connectivity index (χ1) is 36.2. The zero-order valence-corrected chi connectivity index (χ0v) is 42.1. The zero-order chi connectivity index (χ0) is 51.1. The second-order valence-electron chi connectivity index (χ2n) is 19.1. The summed E-state index contributed by atoms with van der Waals surface area (Å²) in [6, 6.07) is 37.6. The minimum atomic E-state index is -0.160. The number of hydrogen-bond donors (Lipinski definition) is 0. The van der Waals surface area contributed by atoms with E-state index in [0.29, 0.717) is 73.4 Å². The molecule has 16 nitrogen and oxygen atoms in total. The maximum atomic E-state index is 13.9. The summed E-state index contributed by atoms with van der Waals surface area (Å²) >= 11 is 0. The number of fused-ring (bicyclic) bond motifs is 2. The number of carbonyl (C=O) groups excluding carboxylic acids is 2. The second kappa shape index (κ2) is 22.3. The Balaban J connectivity index is 0.805. The van der Waals surface area contributed by atoms with Gasteiger partial charge in [0, 0.05) is 118 Å². The van der Waals surface area contributed by atoms with Crippen LogP contribution in [0.4, 0.5) is 23.0 Å². The van der Waals surface area contributed by atoms with Crippen LogP contribution >= 0.6 is 0 Å². The Morgan fingerprint density at radius 2 is 0.892 bits per heavy atom. The van der Waals surface area contributed by atoms with Gasteiger partial charge in [-0.2, -0.15) is 10.5 Å². The van der Waals surface area contributed by atoms with E-state index >= 15 is 0 Å². The highest BCUT2D eigenvalue weighted by Crippen LogP contribution is 2.51. The molecule has 378 valence electrons. The summed E-state index contributed by atoms with van der Waals surface area (Å²) in [6.07, 6.45) is 3.40. The predicted octanol–water partition coefficient (Wildman–Crippen LogP) is 7.63. The number of aromatic nitrogens is 2. The molecule has 2 amide bonds. The number of nitrogens with zero attached hydrogens (tertiary/aromatic N) is 10. The van der Waals surface area contributed by atoms with E-state index in [2.05, 4.69) is 86.7 Å². The van der Waals surface area contributed by atoms with Crippen molar-refractivity contribution in [1.29, 1.82) is 10.5 Å². The fourth-order valence-electron chi connectivity index (χ4n) is 10.5. The number of ether oxygens (including phenoxy) is 4. The summed E-state index contributed by atoms with van der Waals surface area (Å²) in [7, 11) is 0. The quantitative estimate of drug-likeness (QED) is 0.105. The lowest BCUT2D eigenvalue weighted by atomic mass is 9.90. The number of pyridine rings is 2. The Kier molecular flexibility index (Phi) is 14.9. The molecular formula is C58H60N10O6. The van der Waals surface area contributed by atoms with Crippen LogP contribution in [-0.4, -0.2) is 136 Å². The normalized spacial score (nSPS) is 16.4. The summed E-state index contributed by atoms with van der Waals surface area (Å²) in [5.74, 6) is 3.76. The highest BCUT2D eigenvalue weighted by molar-refractivity contribution is 6.06. The van der Waals surface area contributed by atoms with Gasteiger partial charge < -0.3 is 28.7 Å². The van der Waals surface area contributed by atoms with Gasteiger partial charge in [-0.25, -0.2) is 9.97 Å². The highest BCUT2D eigenvalue weighted by atomic mass is 16.6. The average molecular weight is 993 g/mol. The molecule has 10 rings (SSSR count). The van der Waals surface area contributed by atoms with Crippen LogP contribution in [0.5, 0.6) is 23.0 Å². The van der Waals surface area contributed by atoms with Crippen LogP contribution in [0.1, 0.15) is 69.7 Å². The number of amides is 2. The Morgan fingerprint density at radius 3 is 1.24 bits per heavy atom. The molecule has 2 aromatic heterocycles. The van der Waals surface area contributed by atoms with E-state index in [4.69, 9.17) is 18.9 Å². The number of nitriles is 2. The molecule has 0 unspecified atom stereocenters. The molecule has 6 aromatic rings. The van der Waals surface area contributed by atoms with Gasteiger partial charge in [0.25, 0.3) is 11.8 Å². The number of anilines is 4. The van der Waals surface area contributed by atoms with Crippen molar-refractivity contribution in [2.75, 3.05) is 111 Å². The molecule has 0 saturated carbocycles. The van der Waals surface area contributed by atoms with Crippen molar-refractivity contribution in [2.45, 2.75) is 38.8 Å². The highest BCUT2D eigenvalue weighted by Gasteiger charge is 2.34. The molecule has 16 heteroatoms. The van der Waals surface area contributed by atoms with Gasteiger partial charge in [-0.3, -0.25) is 29.2 Å². The lowest BCUT2D eigenvalue weighted by Crippen LogP contribution is -2.53. The van der Waals surface area contributed by atoms with Gasteiger partial charge in [0.15, 0.2) is 23.0 Å². The van der Waals surface area contributed by atoms with E-state index < -0.39 is 0 Å². The Bertz CT molecular complexity index is 2820. The summed E-state index contributed by atoms with van der Waals surface area (Å²) in [5, 5.41) is 18.6. The molecule has 2 saturated heterocycles. The van der Waals surface area contributed by atoms with Crippen LogP contribution in [0.15, 0.2) is 122 Å². The van der Waals surface area contributed by atoms with Crippen molar-refractivity contribution in [3.63, 3.8) is 0 Å². The van der Waals surface area contributed by atoms with E-state index in [1.165, 1.54) is 0 Å². The molecule has 0 aliphatic carbocycles. The molecule has 4 aliphatic rings. The number of benzene rings is 4. The first-order valence-electron chi connectivity index (χ1n) is 25.5. The topological polar surface area (TPSA) is 164 Å². The third kappa shape index (κ3) is 10.4. The minimum absolute atomic E-state index is 0.0374. The number of piperazine rings is 2. The van der Waals surface area contributed by atoms with Crippen LogP contribution in [0.2, 0.25) is 0 Å². The third-order valence-electron chi connectivity index (χ3n) is 14.6. The fraction of sp³-hybridized carbons (Fsp3) is 0.345. The number of rotatable bonds is 14. The molecular weight excluding hydrogens is 933 g/mol. The molecule has 4 aliphatic heterocycles. The monoisotopic (exact) mass is 992 g/mol. The maximum absolute atomic E-state index is 13.9. The van der Waals surface area contributed by atoms with Gasteiger partial charge in [-0.1, -0.05) is 31.2 Å². The van der Waals surface area contributed by atoms with Crippen molar-refractivity contribution in [3.05, 3.63) is 155 Å². The number of carbonyl (C=O) groups is 2. The van der Waals surface area contributed by atoms with Gasteiger partial charge in [0.2, 0.25) is 0 Å². The lowest BCUT2D eigenvalue weighted by Gasteiger charge is -2.41. The first kappa shape index (κ1) is 49.4. The van der Waals surface area contributed by atoms with Crippen molar-refractivity contribution in [3.8, 4) is 35.1 Å².